The van der Waals surface area contributed by atoms with Crippen LogP contribution in [-0.4, -0.2) is 23.9 Å². The molecule has 1 amide bonds. The first-order valence-electron chi connectivity index (χ1n) is 7.78. The average Bonchev–Trinajstić information content (AvgIpc) is 3.12. The third-order valence-corrected chi connectivity index (χ3v) is 5.21. The van der Waals surface area contributed by atoms with Crippen molar-refractivity contribution in [2.24, 2.45) is 0 Å². The quantitative estimate of drug-likeness (QED) is 0.920. The monoisotopic (exact) mass is 314 g/mol. The molecule has 1 fully saturated rings. The van der Waals surface area contributed by atoms with Crippen LogP contribution in [0.4, 0.5) is 5.69 Å². The molecule has 1 aliphatic rings. The summed E-state index contributed by atoms with van der Waals surface area (Å²) in [7, 11) is 0. The summed E-state index contributed by atoms with van der Waals surface area (Å²) in [6.07, 6.45) is 2.32. The van der Waals surface area contributed by atoms with Crippen LogP contribution in [0.25, 0.3) is 0 Å². The van der Waals surface area contributed by atoms with Gasteiger partial charge < -0.3 is 5.32 Å². The van der Waals surface area contributed by atoms with E-state index in [9.17, 15) is 4.79 Å². The van der Waals surface area contributed by atoms with Gasteiger partial charge in [0.1, 0.15) is 0 Å². The highest BCUT2D eigenvalue weighted by molar-refractivity contribution is 7.10. The number of benzene rings is 1. The maximum atomic E-state index is 12.4. The molecule has 0 unspecified atom stereocenters. The Hall–Kier alpha value is -1.65. The van der Waals surface area contributed by atoms with Crippen molar-refractivity contribution in [3.05, 3.63) is 51.7 Å². The Morgan fingerprint density at radius 1 is 1.36 bits per heavy atom. The van der Waals surface area contributed by atoms with Gasteiger partial charge in [0.25, 0.3) is 0 Å². The van der Waals surface area contributed by atoms with Gasteiger partial charge in [0.2, 0.25) is 5.91 Å². The lowest BCUT2D eigenvalue weighted by Crippen LogP contribution is -2.32. The van der Waals surface area contributed by atoms with Gasteiger partial charge >= 0.3 is 0 Å². The van der Waals surface area contributed by atoms with Crippen LogP contribution in [0.15, 0.2) is 35.7 Å². The Morgan fingerprint density at radius 3 is 2.95 bits per heavy atom. The zero-order valence-electron chi connectivity index (χ0n) is 13.1. The summed E-state index contributed by atoms with van der Waals surface area (Å²) in [6, 6.07) is 10.8. The SMILES string of the molecule is Cc1ccc(NC(=O)CN2CCC[C@@H]2c2cccs2)c(C)c1. The maximum Gasteiger partial charge on any atom is 0.238 e. The van der Waals surface area contributed by atoms with E-state index in [-0.39, 0.29) is 5.91 Å². The molecule has 0 radical (unpaired) electrons. The summed E-state index contributed by atoms with van der Waals surface area (Å²) in [6.45, 7) is 5.57. The molecule has 1 N–H and O–H groups in total. The van der Waals surface area contributed by atoms with E-state index in [1.54, 1.807) is 11.3 Å². The van der Waals surface area contributed by atoms with E-state index in [1.165, 1.54) is 16.9 Å². The van der Waals surface area contributed by atoms with Gasteiger partial charge in [0.15, 0.2) is 0 Å². The topological polar surface area (TPSA) is 32.3 Å². The number of hydrogen-bond donors (Lipinski definition) is 1. The van der Waals surface area contributed by atoms with Gasteiger partial charge in [-0.1, -0.05) is 23.8 Å². The lowest BCUT2D eigenvalue weighted by Gasteiger charge is -2.23. The number of thiophene rings is 1. The second-order valence-corrected chi connectivity index (χ2v) is 6.99. The summed E-state index contributed by atoms with van der Waals surface area (Å²) < 4.78 is 0. The Labute approximate surface area is 136 Å². The molecule has 2 heterocycles. The second kappa shape index (κ2) is 6.63. The minimum Gasteiger partial charge on any atom is -0.325 e. The first-order chi connectivity index (χ1) is 10.6. The smallest absolute Gasteiger partial charge is 0.238 e. The van der Waals surface area contributed by atoms with E-state index in [0.29, 0.717) is 12.6 Å². The third-order valence-electron chi connectivity index (χ3n) is 4.24. The highest BCUT2D eigenvalue weighted by atomic mass is 32.1. The minimum absolute atomic E-state index is 0.0791. The molecule has 22 heavy (non-hydrogen) atoms. The minimum atomic E-state index is 0.0791. The van der Waals surface area contributed by atoms with Crippen molar-refractivity contribution < 1.29 is 4.79 Å². The van der Waals surface area contributed by atoms with Gasteiger partial charge in [-0.3, -0.25) is 9.69 Å². The molecule has 3 nitrogen and oxygen atoms in total. The fourth-order valence-corrected chi connectivity index (χ4v) is 4.04. The number of rotatable bonds is 4. The van der Waals surface area contributed by atoms with Crippen LogP contribution < -0.4 is 5.32 Å². The Kier molecular flexibility index (Phi) is 4.60. The number of aryl methyl sites for hydroxylation is 2. The molecular formula is C18H22N2OS. The van der Waals surface area contributed by atoms with E-state index in [1.807, 2.05) is 19.1 Å². The van der Waals surface area contributed by atoms with Crippen LogP contribution in [0, 0.1) is 13.8 Å². The highest BCUT2D eigenvalue weighted by Crippen LogP contribution is 2.34. The van der Waals surface area contributed by atoms with E-state index in [0.717, 1.165) is 24.2 Å². The Balaban J connectivity index is 1.64. The van der Waals surface area contributed by atoms with Gasteiger partial charge in [0, 0.05) is 16.6 Å². The number of hydrogen-bond acceptors (Lipinski definition) is 3. The van der Waals surface area contributed by atoms with Crippen molar-refractivity contribution >= 4 is 22.9 Å². The summed E-state index contributed by atoms with van der Waals surface area (Å²) >= 11 is 1.79. The zero-order valence-corrected chi connectivity index (χ0v) is 14.0. The van der Waals surface area contributed by atoms with Gasteiger partial charge in [-0.2, -0.15) is 0 Å². The number of nitrogens with zero attached hydrogens (tertiary/aromatic N) is 1. The first kappa shape index (κ1) is 15.3. The molecular weight excluding hydrogens is 292 g/mol. The number of likely N-dealkylation sites (tertiary alicyclic amines) is 1. The Morgan fingerprint density at radius 2 is 2.23 bits per heavy atom. The van der Waals surface area contributed by atoms with Crippen LogP contribution in [0.1, 0.15) is 34.9 Å². The van der Waals surface area contributed by atoms with Crippen molar-refractivity contribution in [2.45, 2.75) is 32.7 Å². The van der Waals surface area contributed by atoms with Gasteiger partial charge in [-0.05, 0) is 56.3 Å². The van der Waals surface area contributed by atoms with Crippen molar-refractivity contribution in [3.63, 3.8) is 0 Å². The first-order valence-corrected chi connectivity index (χ1v) is 8.66. The molecule has 4 heteroatoms. The zero-order chi connectivity index (χ0) is 15.5. The van der Waals surface area contributed by atoms with Crippen LogP contribution in [-0.2, 0) is 4.79 Å². The average molecular weight is 314 g/mol. The van der Waals surface area contributed by atoms with Crippen LogP contribution >= 0.6 is 11.3 Å². The molecule has 0 bridgehead atoms. The van der Waals surface area contributed by atoms with Crippen LogP contribution in [0.2, 0.25) is 0 Å². The van der Waals surface area contributed by atoms with Gasteiger partial charge in [-0.25, -0.2) is 0 Å². The molecule has 116 valence electrons. The fourth-order valence-electron chi connectivity index (χ4n) is 3.15. The third kappa shape index (κ3) is 3.39. The summed E-state index contributed by atoms with van der Waals surface area (Å²) in [5, 5.41) is 5.17. The van der Waals surface area contributed by atoms with Crippen molar-refractivity contribution in [3.8, 4) is 0 Å². The number of carbonyl (C=O) groups is 1. The predicted octanol–water partition coefficient (Wildman–Crippen LogP) is 4.14. The lowest BCUT2D eigenvalue weighted by molar-refractivity contribution is -0.117. The Bertz CT molecular complexity index is 651. The van der Waals surface area contributed by atoms with Crippen molar-refractivity contribution in [1.29, 1.82) is 0 Å². The highest BCUT2D eigenvalue weighted by Gasteiger charge is 2.28. The maximum absolute atomic E-state index is 12.4. The lowest BCUT2D eigenvalue weighted by atomic mass is 10.1. The van der Waals surface area contributed by atoms with E-state index in [2.05, 4.69) is 40.7 Å². The second-order valence-electron chi connectivity index (χ2n) is 6.01. The molecule has 1 aromatic carbocycles. The molecule has 1 atom stereocenters. The molecule has 1 saturated heterocycles. The molecule has 0 saturated carbocycles. The molecule has 0 aliphatic carbocycles. The summed E-state index contributed by atoms with van der Waals surface area (Å²) in [5.74, 6) is 0.0791. The normalized spacial score (nSPS) is 18.5. The molecule has 2 aromatic rings. The standard InChI is InChI=1S/C18H22N2OS/c1-13-7-8-15(14(2)11-13)19-18(21)12-20-9-3-5-16(20)17-6-4-10-22-17/h4,6-8,10-11,16H,3,5,9,12H2,1-2H3,(H,19,21)/t16-/m1/s1. The largest absolute Gasteiger partial charge is 0.325 e. The van der Waals surface area contributed by atoms with E-state index >= 15 is 0 Å². The van der Waals surface area contributed by atoms with Crippen molar-refractivity contribution in [2.75, 3.05) is 18.4 Å². The van der Waals surface area contributed by atoms with Crippen molar-refractivity contribution in [1.82, 2.24) is 4.90 Å². The number of carbonyl (C=O) groups excluding carboxylic acids is 1. The molecule has 3 rings (SSSR count). The molecule has 1 aromatic heterocycles. The number of nitrogens with one attached hydrogen (secondary N) is 1. The van der Waals surface area contributed by atoms with Gasteiger partial charge in [-0.15, -0.1) is 11.3 Å². The number of anilines is 1. The summed E-state index contributed by atoms with van der Waals surface area (Å²) in [5.41, 5.74) is 3.25. The van der Waals surface area contributed by atoms with E-state index in [4.69, 9.17) is 0 Å². The fraction of sp³-hybridized carbons (Fsp3) is 0.389. The van der Waals surface area contributed by atoms with Crippen LogP contribution in [0.3, 0.4) is 0 Å². The van der Waals surface area contributed by atoms with E-state index < -0.39 is 0 Å². The van der Waals surface area contributed by atoms with Gasteiger partial charge in [0.05, 0.1) is 6.54 Å². The number of amides is 1. The van der Waals surface area contributed by atoms with Crippen LogP contribution in [0.5, 0.6) is 0 Å². The molecule has 0 spiro atoms. The molecule has 1 aliphatic heterocycles. The summed E-state index contributed by atoms with van der Waals surface area (Å²) in [4.78, 5) is 16.0. The predicted molar refractivity (Wildman–Crippen MR) is 92.4 cm³/mol.